The molecule has 0 radical (unpaired) electrons. The fraction of sp³-hybridized carbons (Fsp3) is 0.833. The van der Waals surface area contributed by atoms with Gasteiger partial charge in [0.2, 0.25) is 0 Å². The zero-order valence-electron chi connectivity index (χ0n) is 5.70. The van der Waals surface area contributed by atoms with Gasteiger partial charge in [0, 0.05) is 6.42 Å². The summed E-state index contributed by atoms with van der Waals surface area (Å²) in [5, 5.41) is 17.7. The van der Waals surface area contributed by atoms with Crippen LogP contribution in [0.25, 0.3) is 0 Å². The molecule has 1 rings (SSSR count). The summed E-state index contributed by atoms with van der Waals surface area (Å²) >= 11 is 0. The normalized spacial score (nSPS) is 39.9. The van der Waals surface area contributed by atoms with E-state index in [0.29, 0.717) is 0 Å². The van der Waals surface area contributed by atoms with Gasteiger partial charge >= 0.3 is 5.97 Å². The number of ether oxygens (including phenoxy) is 1. The third-order valence-electron chi connectivity index (χ3n) is 1.54. The van der Waals surface area contributed by atoms with E-state index in [2.05, 4.69) is 4.74 Å². The van der Waals surface area contributed by atoms with Crippen LogP contribution in [0.5, 0.6) is 0 Å². The zero-order valence-corrected chi connectivity index (χ0v) is 5.70. The molecule has 1 fully saturated rings. The predicted octanol–water partition coefficient (Wildman–Crippen LogP) is -0.955. The molecule has 58 valence electrons. The monoisotopic (exact) mass is 146 g/mol. The van der Waals surface area contributed by atoms with Gasteiger partial charge in [0.15, 0.2) is 5.60 Å². The Labute approximate surface area is 58.4 Å². The van der Waals surface area contributed by atoms with Crippen LogP contribution in [0.2, 0.25) is 0 Å². The molecule has 1 heterocycles. The molecule has 1 saturated heterocycles. The largest absolute Gasteiger partial charge is 0.458 e. The average molecular weight is 146 g/mol. The van der Waals surface area contributed by atoms with Crippen LogP contribution in [0.15, 0.2) is 0 Å². The summed E-state index contributed by atoms with van der Waals surface area (Å²) in [4.78, 5) is 10.7. The van der Waals surface area contributed by atoms with E-state index in [-0.39, 0.29) is 13.0 Å². The van der Waals surface area contributed by atoms with Crippen molar-refractivity contribution in [3.63, 3.8) is 0 Å². The van der Waals surface area contributed by atoms with Crippen molar-refractivity contribution in [2.75, 3.05) is 6.61 Å². The zero-order chi connectivity index (χ0) is 7.78. The van der Waals surface area contributed by atoms with Crippen molar-refractivity contribution in [2.24, 2.45) is 0 Å². The summed E-state index contributed by atoms with van der Waals surface area (Å²) in [6, 6.07) is 0. The minimum absolute atomic E-state index is 0.183. The van der Waals surface area contributed by atoms with Gasteiger partial charge in [-0.1, -0.05) is 0 Å². The summed E-state index contributed by atoms with van der Waals surface area (Å²) in [6.07, 6.45) is -0.343. The third kappa shape index (κ3) is 1.12. The number of carbonyl (C=O) groups excluding carboxylic acids is 1. The molecule has 0 aromatic carbocycles. The van der Waals surface area contributed by atoms with Crippen molar-refractivity contribution in [3.8, 4) is 0 Å². The van der Waals surface area contributed by atoms with Crippen molar-refractivity contribution in [1.29, 1.82) is 0 Å². The van der Waals surface area contributed by atoms with Crippen LogP contribution < -0.4 is 0 Å². The van der Waals surface area contributed by atoms with Crippen molar-refractivity contribution in [3.05, 3.63) is 0 Å². The van der Waals surface area contributed by atoms with Gasteiger partial charge in [0.1, 0.15) is 6.10 Å². The molecule has 0 amide bonds. The predicted molar refractivity (Wildman–Crippen MR) is 32.2 cm³/mol. The maximum absolute atomic E-state index is 10.7. The molecule has 2 atom stereocenters. The molecule has 0 spiro atoms. The summed E-state index contributed by atoms with van der Waals surface area (Å²) in [7, 11) is 0. The molecular formula is C6H10O4. The van der Waals surface area contributed by atoms with Crippen LogP contribution in [-0.2, 0) is 9.53 Å². The molecule has 1 aliphatic heterocycles. The molecular weight excluding hydrogens is 136 g/mol. The van der Waals surface area contributed by atoms with Gasteiger partial charge in [0.25, 0.3) is 0 Å². The van der Waals surface area contributed by atoms with E-state index in [1.807, 2.05) is 0 Å². The van der Waals surface area contributed by atoms with E-state index in [0.717, 1.165) is 0 Å². The van der Waals surface area contributed by atoms with Gasteiger partial charge in [-0.05, 0) is 6.92 Å². The molecule has 1 unspecified atom stereocenters. The molecule has 2 N–H and O–H groups in total. The Morgan fingerprint density at radius 1 is 1.90 bits per heavy atom. The van der Waals surface area contributed by atoms with Gasteiger partial charge in [-0.3, -0.25) is 0 Å². The smallest absolute Gasteiger partial charge is 0.338 e. The van der Waals surface area contributed by atoms with Crippen molar-refractivity contribution in [1.82, 2.24) is 0 Å². The topological polar surface area (TPSA) is 66.8 Å². The SMILES string of the molecule is C[C@@]1(O)CC(CO)OC1=O. The van der Waals surface area contributed by atoms with E-state index in [4.69, 9.17) is 5.11 Å². The molecule has 0 aromatic heterocycles. The molecule has 4 heteroatoms. The first kappa shape index (κ1) is 7.50. The highest BCUT2D eigenvalue weighted by atomic mass is 16.6. The van der Waals surface area contributed by atoms with E-state index in [1.54, 1.807) is 0 Å². The van der Waals surface area contributed by atoms with Crippen LogP contribution >= 0.6 is 0 Å². The first-order chi connectivity index (χ1) is 4.56. The van der Waals surface area contributed by atoms with Gasteiger partial charge < -0.3 is 14.9 Å². The lowest BCUT2D eigenvalue weighted by Crippen LogP contribution is -2.29. The summed E-state index contributed by atoms with van der Waals surface area (Å²) in [5.74, 6) is -0.647. The minimum atomic E-state index is -1.40. The second-order valence-electron chi connectivity index (χ2n) is 2.69. The number of hydrogen-bond acceptors (Lipinski definition) is 4. The molecule has 0 saturated carbocycles. The van der Waals surface area contributed by atoms with E-state index >= 15 is 0 Å². The second-order valence-corrected chi connectivity index (χ2v) is 2.69. The van der Waals surface area contributed by atoms with Crippen LogP contribution in [0.1, 0.15) is 13.3 Å². The van der Waals surface area contributed by atoms with Crippen LogP contribution in [0.4, 0.5) is 0 Å². The number of hydrogen-bond donors (Lipinski definition) is 2. The quantitative estimate of drug-likeness (QED) is 0.468. The Hall–Kier alpha value is -0.610. The maximum Gasteiger partial charge on any atom is 0.338 e. The Kier molecular flexibility index (Phi) is 1.66. The first-order valence-corrected chi connectivity index (χ1v) is 3.10. The van der Waals surface area contributed by atoms with Gasteiger partial charge in [-0.25, -0.2) is 4.79 Å². The minimum Gasteiger partial charge on any atom is -0.458 e. The molecule has 0 aliphatic carbocycles. The standard InChI is InChI=1S/C6H10O4/c1-6(9)2-4(3-7)10-5(6)8/h4,7,9H,2-3H2,1H3/t4?,6-/m1/s1. The number of aliphatic hydroxyl groups excluding tert-OH is 1. The van der Waals surface area contributed by atoms with Gasteiger partial charge in [-0.15, -0.1) is 0 Å². The Morgan fingerprint density at radius 2 is 2.50 bits per heavy atom. The lowest BCUT2D eigenvalue weighted by atomic mass is 10.0. The number of esters is 1. The Bertz CT molecular complexity index is 152. The van der Waals surface area contributed by atoms with Crippen LogP contribution in [-0.4, -0.2) is 34.5 Å². The third-order valence-corrected chi connectivity index (χ3v) is 1.54. The van der Waals surface area contributed by atoms with E-state index in [1.165, 1.54) is 6.92 Å². The van der Waals surface area contributed by atoms with Gasteiger partial charge in [0.05, 0.1) is 6.61 Å². The van der Waals surface area contributed by atoms with Crippen molar-refractivity contribution >= 4 is 5.97 Å². The summed E-state index contributed by atoms with van der Waals surface area (Å²) in [5.41, 5.74) is -1.40. The second kappa shape index (κ2) is 2.21. The van der Waals surface area contributed by atoms with Crippen LogP contribution in [0, 0.1) is 0 Å². The van der Waals surface area contributed by atoms with Crippen molar-refractivity contribution < 1.29 is 19.7 Å². The lowest BCUT2D eigenvalue weighted by Gasteiger charge is -2.07. The van der Waals surface area contributed by atoms with Crippen LogP contribution in [0.3, 0.4) is 0 Å². The number of aliphatic hydroxyl groups is 2. The average Bonchev–Trinajstić information content (AvgIpc) is 2.08. The highest BCUT2D eigenvalue weighted by Crippen LogP contribution is 2.24. The molecule has 0 bridgehead atoms. The molecule has 4 nitrogen and oxygen atoms in total. The van der Waals surface area contributed by atoms with E-state index in [9.17, 15) is 9.90 Å². The van der Waals surface area contributed by atoms with Gasteiger partial charge in [-0.2, -0.15) is 0 Å². The Morgan fingerprint density at radius 3 is 2.70 bits per heavy atom. The number of cyclic esters (lactones) is 1. The number of carbonyl (C=O) groups is 1. The van der Waals surface area contributed by atoms with Crippen molar-refractivity contribution in [2.45, 2.75) is 25.0 Å². The fourth-order valence-corrected chi connectivity index (χ4v) is 0.948. The van der Waals surface area contributed by atoms with E-state index < -0.39 is 17.7 Å². The maximum atomic E-state index is 10.7. The molecule has 0 aromatic rings. The summed E-state index contributed by atoms with van der Waals surface area (Å²) in [6.45, 7) is 1.16. The highest BCUT2D eigenvalue weighted by Gasteiger charge is 2.43. The molecule has 10 heavy (non-hydrogen) atoms. The highest BCUT2D eigenvalue weighted by molar-refractivity contribution is 5.80. The fourth-order valence-electron chi connectivity index (χ4n) is 0.948. The molecule has 1 aliphatic rings. The first-order valence-electron chi connectivity index (χ1n) is 3.10. The Balaban J connectivity index is 2.62. The lowest BCUT2D eigenvalue weighted by molar-refractivity contribution is -0.154. The number of rotatable bonds is 1. The summed E-state index contributed by atoms with van der Waals surface area (Å²) < 4.78 is 4.59.